The van der Waals surface area contributed by atoms with Gasteiger partial charge >= 0.3 is 0 Å². The van der Waals surface area contributed by atoms with Crippen LogP contribution in [-0.4, -0.2) is 41.4 Å². The molecule has 1 heterocycles. The summed E-state index contributed by atoms with van der Waals surface area (Å²) < 4.78 is 14.4. The number of carbonyl (C=O) groups is 1. The molecule has 0 saturated carbocycles. The van der Waals surface area contributed by atoms with Gasteiger partial charge in [0.15, 0.2) is 0 Å². The summed E-state index contributed by atoms with van der Waals surface area (Å²) in [7, 11) is 0. The highest BCUT2D eigenvalue weighted by Crippen LogP contribution is 2.20. The maximum absolute atomic E-state index is 12.0. The highest BCUT2D eigenvalue weighted by atomic mass is 32.1. The summed E-state index contributed by atoms with van der Waals surface area (Å²) in [5.41, 5.74) is 2.51. The van der Waals surface area contributed by atoms with Crippen molar-refractivity contribution in [2.45, 2.75) is 20.0 Å². The zero-order valence-corrected chi connectivity index (χ0v) is 13.4. The minimum Gasteiger partial charge on any atom is -0.379 e. The molecular formula is C15H19N3O3S. The second-order valence-corrected chi connectivity index (χ2v) is 5.18. The van der Waals surface area contributed by atoms with Gasteiger partial charge in [0, 0.05) is 23.2 Å². The molecule has 118 valence electrons. The van der Waals surface area contributed by atoms with Crippen molar-refractivity contribution in [1.29, 1.82) is 0 Å². The van der Waals surface area contributed by atoms with E-state index >= 15 is 0 Å². The zero-order chi connectivity index (χ0) is 15.8. The van der Waals surface area contributed by atoms with Gasteiger partial charge in [0.25, 0.3) is 5.91 Å². The van der Waals surface area contributed by atoms with Crippen LogP contribution >= 0.6 is 11.5 Å². The van der Waals surface area contributed by atoms with Crippen molar-refractivity contribution in [3.05, 3.63) is 29.6 Å². The highest BCUT2D eigenvalue weighted by Gasteiger charge is 2.13. The highest BCUT2D eigenvalue weighted by molar-refractivity contribution is 7.03. The Bertz CT molecular complexity index is 572. The number of rotatable bonds is 8. The van der Waals surface area contributed by atoms with Crippen LogP contribution in [0.1, 0.15) is 13.8 Å². The predicted octanol–water partition coefficient (Wildman–Crippen LogP) is 2.59. The number of carbonyl (C=O) groups excluding carboxylic acids is 1. The van der Waals surface area contributed by atoms with Gasteiger partial charge in [-0.15, -0.1) is 5.10 Å². The van der Waals surface area contributed by atoms with E-state index < -0.39 is 6.10 Å². The second-order valence-electron chi connectivity index (χ2n) is 4.57. The standard InChI is InChI=1S/C15H19N3O3S/c1-3-20-8-9-21-11(2)15(19)16-13-6-4-12(5-7-13)14-10-22-18-17-14/h4-7,10-11H,3,8-9H2,1-2H3,(H,16,19)/t11-/m0/s1. The third-order valence-electron chi connectivity index (χ3n) is 2.98. The Morgan fingerprint density at radius 2 is 2.09 bits per heavy atom. The van der Waals surface area contributed by atoms with Crippen molar-refractivity contribution >= 4 is 23.1 Å². The summed E-state index contributed by atoms with van der Waals surface area (Å²) in [6, 6.07) is 7.46. The van der Waals surface area contributed by atoms with Gasteiger partial charge in [-0.2, -0.15) is 0 Å². The third kappa shape index (κ3) is 4.87. The monoisotopic (exact) mass is 321 g/mol. The molecule has 0 aliphatic heterocycles. The van der Waals surface area contributed by atoms with Gasteiger partial charge < -0.3 is 14.8 Å². The smallest absolute Gasteiger partial charge is 0.253 e. The Kier molecular flexibility index (Phi) is 6.45. The van der Waals surface area contributed by atoms with Crippen molar-refractivity contribution in [3.63, 3.8) is 0 Å². The maximum atomic E-state index is 12.0. The molecule has 0 aliphatic rings. The van der Waals surface area contributed by atoms with E-state index in [-0.39, 0.29) is 5.91 Å². The number of nitrogens with one attached hydrogen (secondary N) is 1. The van der Waals surface area contributed by atoms with Crippen LogP contribution in [0.15, 0.2) is 29.6 Å². The van der Waals surface area contributed by atoms with E-state index in [1.807, 2.05) is 36.6 Å². The molecule has 0 bridgehead atoms. The van der Waals surface area contributed by atoms with E-state index in [0.717, 1.165) is 16.9 Å². The first-order chi connectivity index (χ1) is 10.7. The lowest BCUT2D eigenvalue weighted by atomic mass is 10.1. The van der Waals surface area contributed by atoms with Gasteiger partial charge in [0.05, 0.1) is 13.2 Å². The van der Waals surface area contributed by atoms with E-state index in [1.54, 1.807) is 6.92 Å². The number of hydrogen-bond donors (Lipinski definition) is 1. The lowest BCUT2D eigenvalue weighted by Crippen LogP contribution is -2.28. The normalized spacial score (nSPS) is 12.1. The maximum Gasteiger partial charge on any atom is 0.253 e. The molecule has 2 aromatic rings. The number of nitrogens with zero attached hydrogens (tertiary/aromatic N) is 2. The summed E-state index contributed by atoms with van der Waals surface area (Å²) >= 11 is 1.31. The van der Waals surface area contributed by atoms with Crippen LogP contribution in [0.4, 0.5) is 5.69 Å². The zero-order valence-electron chi connectivity index (χ0n) is 12.6. The number of aromatic nitrogens is 2. The lowest BCUT2D eigenvalue weighted by Gasteiger charge is -2.13. The van der Waals surface area contributed by atoms with Gasteiger partial charge in [0.1, 0.15) is 11.8 Å². The van der Waals surface area contributed by atoms with Crippen LogP contribution in [0.25, 0.3) is 11.3 Å². The molecule has 2 rings (SSSR count). The van der Waals surface area contributed by atoms with Crippen molar-refractivity contribution in [3.8, 4) is 11.3 Å². The minimum absolute atomic E-state index is 0.181. The number of ether oxygens (including phenoxy) is 2. The number of hydrogen-bond acceptors (Lipinski definition) is 6. The van der Waals surface area contributed by atoms with Gasteiger partial charge in [-0.3, -0.25) is 4.79 Å². The summed E-state index contributed by atoms with van der Waals surface area (Å²) in [5.74, 6) is -0.181. The van der Waals surface area contributed by atoms with E-state index in [1.165, 1.54) is 11.5 Å². The fourth-order valence-corrected chi connectivity index (χ4v) is 2.23. The van der Waals surface area contributed by atoms with E-state index in [4.69, 9.17) is 9.47 Å². The summed E-state index contributed by atoms with van der Waals surface area (Å²) in [6.45, 7) is 5.17. The molecule has 0 radical (unpaired) electrons. The molecular weight excluding hydrogens is 302 g/mol. The fraction of sp³-hybridized carbons (Fsp3) is 0.400. The molecule has 1 atom stereocenters. The molecule has 0 spiro atoms. The Labute approximate surface area is 133 Å². The molecule has 22 heavy (non-hydrogen) atoms. The Hall–Kier alpha value is -1.83. The van der Waals surface area contributed by atoms with Crippen LogP contribution in [0.2, 0.25) is 0 Å². The molecule has 1 aromatic carbocycles. The average Bonchev–Trinajstić information content (AvgIpc) is 3.06. The van der Waals surface area contributed by atoms with Crippen LogP contribution in [0.3, 0.4) is 0 Å². The van der Waals surface area contributed by atoms with Gasteiger partial charge in [-0.05, 0) is 37.5 Å². The first kappa shape index (κ1) is 16.5. The van der Waals surface area contributed by atoms with Gasteiger partial charge in [0.2, 0.25) is 0 Å². The largest absolute Gasteiger partial charge is 0.379 e. The van der Waals surface area contributed by atoms with Crippen molar-refractivity contribution < 1.29 is 14.3 Å². The summed E-state index contributed by atoms with van der Waals surface area (Å²) in [5, 5.41) is 8.70. The van der Waals surface area contributed by atoms with Crippen LogP contribution in [-0.2, 0) is 14.3 Å². The third-order valence-corrected chi connectivity index (χ3v) is 3.48. The Balaban J connectivity index is 1.83. The van der Waals surface area contributed by atoms with Crippen molar-refractivity contribution in [2.75, 3.05) is 25.1 Å². The molecule has 0 aliphatic carbocycles. The van der Waals surface area contributed by atoms with Gasteiger partial charge in [-0.1, -0.05) is 16.6 Å². The Morgan fingerprint density at radius 3 is 2.73 bits per heavy atom. The van der Waals surface area contributed by atoms with Crippen LogP contribution in [0, 0.1) is 0 Å². The Morgan fingerprint density at radius 1 is 1.32 bits per heavy atom. The van der Waals surface area contributed by atoms with Gasteiger partial charge in [-0.25, -0.2) is 0 Å². The van der Waals surface area contributed by atoms with Crippen molar-refractivity contribution in [2.24, 2.45) is 0 Å². The quantitative estimate of drug-likeness (QED) is 0.757. The van der Waals surface area contributed by atoms with E-state index in [0.29, 0.717) is 19.8 Å². The number of amides is 1. The molecule has 1 N–H and O–H groups in total. The molecule has 0 fully saturated rings. The number of anilines is 1. The molecule has 1 aromatic heterocycles. The second kappa shape index (κ2) is 8.57. The minimum atomic E-state index is -0.525. The van der Waals surface area contributed by atoms with E-state index in [9.17, 15) is 4.79 Å². The molecule has 1 amide bonds. The molecule has 6 nitrogen and oxygen atoms in total. The molecule has 0 unspecified atom stereocenters. The fourth-order valence-electron chi connectivity index (χ4n) is 1.76. The topological polar surface area (TPSA) is 73.3 Å². The lowest BCUT2D eigenvalue weighted by molar-refractivity contribution is -0.127. The number of benzene rings is 1. The first-order valence-corrected chi connectivity index (χ1v) is 7.92. The SMILES string of the molecule is CCOCCO[C@@H](C)C(=O)Nc1ccc(-c2csnn2)cc1. The average molecular weight is 321 g/mol. The molecule has 0 saturated heterocycles. The summed E-state index contributed by atoms with van der Waals surface area (Å²) in [6.07, 6.45) is -0.525. The summed E-state index contributed by atoms with van der Waals surface area (Å²) in [4.78, 5) is 12.0. The molecule has 7 heteroatoms. The van der Waals surface area contributed by atoms with Crippen molar-refractivity contribution in [1.82, 2.24) is 9.59 Å². The van der Waals surface area contributed by atoms with E-state index in [2.05, 4.69) is 14.9 Å². The first-order valence-electron chi connectivity index (χ1n) is 7.08. The van der Waals surface area contributed by atoms with Crippen LogP contribution in [0.5, 0.6) is 0 Å². The van der Waals surface area contributed by atoms with Crippen LogP contribution < -0.4 is 5.32 Å². The predicted molar refractivity (Wildman–Crippen MR) is 85.9 cm³/mol.